The van der Waals surface area contributed by atoms with Gasteiger partial charge in [0, 0.05) is 36.5 Å². The summed E-state index contributed by atoms with van der Waals surface area (Å²) in [5.41, 5.74) is 4.55. The second-order valence-corrected chi connectivity index (χ2v) is 9.07. The van der Waals surface area contributed by atoms with Crippen molar-refractivity contribution >= 4 is 17.4 Å². The second-order valence-electron chi connectivity index (χ2n) is 9.07. The smallest absolute Gasteiger partial charge is 0.274 e. The lowest BCUT2D eigenvalue weighted by Crippen LogP contribution is -2.22. The number of hydrogen-bond donors (Lipinski definition) is 2. The van der Waals surface area contributed by atoms with Crippen molar-refractivity contribution in [3.63, 3.8) is 0 Å². The monoisotopic (exact) mass is 503 g/mol. The molecule has 38 heavy (non-hydrogen) atoms. The number of rotatable bonds is 9. The standard InChI is InChI=1S/C30H29N7O/c1-36(2)18-17-31-28-19-26(33-29(35-28)23-13-7-4-8-14-23)30(38)34-25-15-9-10-16-27(25)37-21-24(20-32-37)22-11-5-3-6-12-22/h3-16,19-21H,17-18H2,1-2H3,(H,34,38)(H,31,33,35). The van der Waals surface area contributed by atoms with Crippen molar-refractivity contribution in [2.75, 3.05) is 37.8 Å². The number of hydrogen-bond acceptors (Lipinski definition) is 6. The minimum atomic E-state index is -0.330. The number of amides is 1. The molecule has 3 aromatic carbocycles. The molecule has 0 saturated carbocycles. The van der Waals surface area contributed by atoms with Crippen LogP contribution < -0.4 is 10.6 Å². The van der Waals surface area contributed by atoms with Crippen molar-refractivity contribution < 1.29 is 4.79 Å². The lowest BCUT2D eigenvalue weighted by Gasteiger charge is -2.14. The van der Waals surface area contributed by atoms with E-state index < -0.39 is 0 Å². The van der Waals surface area contributed by atoms with Crippen molar-refractivity contribution in [1.29, 1.82) is 0 Å². The van der Waals surface area contributed by atoms with E-state index in [-0.39, 0.29) is 11.6 Å². The van der Waals surface area contributed by atoms with Crippen molar-refractivity contribution in [3.05, 3.63) is 109 Å². The van der Waals surface area contributed by atoms with Gasteiger partial charge < -0.3 is 15.5 Å². The van der Waals surface area contributed by atoms with E-state index in [9.17, 15) is 4.79 Å². The van der Waals surface area contributed by atoms with Crippen LogP contribution >= 0.6 is 0 Å². The molecule has 8 heteroatoms. The first-order valence-corrected chi connectivity index (χ1v) is 12.4. The Labute approximate surface area is 222 Å². The van der Waals surface area contributed by atoms with Gasteiger partial charge in [0.05, 0.1) is 17.6 Å². The number of carbonyl (C=O) groups is 1. The Morgan fingerprint density at radius 3 is 2.26 bits per heavy atom. The maximum Gasteiger partial charge on any atom is 0.274 e. The third-order valence-electron chi connectivity index (χ3n) is 5.94. The van der Waals surface area contributed by atoms with Gasteiger partial charge in [-0.2, -0.15) is 5.10 Å². The summed E-state index contributed by atoms with van der Waals surface area (Å²) < 4.78 is 1.77. The predicted molar refractivity (Wildman–Crippen MR) is 151 cm³/mol. The van der Waals surface area contributed by atoms with Crippen LogP contribution in [0.3, 0.4) is 0 Å². The molecule has 0 fully saturated rings. The van der Waals surface area contributed by atoms with Gasteiger partial charge in [-0.15, -0.1) is 0 Å². The molecular weight excluding hydrogens is 474 g/mol. The fraction of sp³-hybridized carbons (Fsp3) is 0.133. The normalized spacial score (nSPS) is 10.9. The van der Waals surface area contributed by atoms with Gasteiger partial charge in [-0.25, -0.2) is 14.6 Å². The van der Waals surface area contributed by atoms with Crippen LogP contribution in [0.1, 0.15) is 10.5 Å². The molecule has 0 aliphatic heterocycles. The number of para-hydroxylation sites is 2. The first-order valence-electron chi connectivity index (χ1n) is 12.4. The molecule has 0 saturated heterocycles. The molecule has 5 rings (SSSR count). The van der Waals surface area contributed by atoms with Crippen molar-refractivity contribution in [3.8, 4) is 28.2 Å². The topological polar surface area (TPSA) is 88.0 Å². The van der Waals surface area contributed by atoms with E-state index in [1.165, 1.54) is 0 Å². The van der Waals surface area contributed by atoms with Crippen molar-refractivity contribution in [1.82, 2.24) is 24.6 Å². The summed E-state index contributed by atoms with van der Waals surface area (Å²) in [5.74, 6) is 0.750. The van der Waals surface area contributed by atoms with Gasteiger partial charge in [0.1, 0.15) is 11.5 Å². The van der Waals surface area contributed by atoms with Gasteiger partial charge in [-0.05, 0) is 31.8 Å². The van der Waals surface area contributed by atoms with Crippen LogP contribution in [0.2, 0.25) is 0 Å². The lowest BCUT2D eigenvalue weighted by atomic mass is 10.1. The number of anilines is 2. The summed E-state index contributed by atoms with van der Waals surface area (Å²) in [4.78, 5) is 24.8. The Hall–Kier alpha value is -4.82. The summed E-state index contributed by atoms with van der Waals surface area (Å²) in [5, 5.41) is 10.9. The zero-order valence-electron chi connectivity index (χ0n) is 21.4. The van der Waals surface area contributed by atoms with Crippen LogP contribution in [0.15, 0.2) is 103 Å². The highest BCUT2D eigenvalue weighted by molar-refractivity contribution is 6.04. The van der Waals surface area contributed by atoms with Crippen LogP contribution in [0.4, 0.5) is 11.5 Å². The molecule has 0 unspecified atom stereocenters. The number of aromatic nitrogens is 4. The summed E-state index contributed by atoms with van der Waals surface area (Å²) >= 11 is 0. The van der Waals surface area contributed by atoms with Crippen molar-refractivity contribution in [2.24, 2.45) is 0 Å². The molecule has 5 aromatic rings. The van der Waals surface area contributed by atoms with Crippen LogP contribution in [0.5, 0.6) is 0 Å². The predicted octanol–water partition coefficient (Wildman–Crippen LogP) is 5.22. The fourth-order valence-electron chi connectivity index (χ4n) is 3.98. The zero-order chi connectivity index (χ0) is 26.3. The minimum Gasteiger partial charge on any atom is -0.369 e. The van der Waals surface area contributed by atoms with E-state index in [0.717, 1.165) is 28.9 Å². The SMILES string of the molecule is CN(C)CCNc1cc(C(=O)Nc2ccccc2-n2cc(-c3ccccc3)cn2)nc(-c2ccccc2)n1. The fourth-order valence-corrected chi connectivity index (χ4v) is 3.98. The zero-order valence-corrected chi connectivity index (χ0v) is 21.4. The molecule has 2 aromatic heterocycles. The Morgan fingerprint density at radius 2 is 1.53 bits per heavy atom. The first kappa shape index (κ1) is 24.9. The molecule has 190 valence electrons. The average molecular weight is 504 g/mol. The molecule has 0 bridgehead atoms. The highest BCUT2D eigenvalue weighted by atomic mass is 16.1. The second kappa shape index (κ2) is 11.5. The number of nitrogens with zero attached hydrogens (tertiary/aromatic N) is 5. The highest BCUT2D eigenvalue weighted by Crippen LogP contribution is 2.25. The summed E-state index contributed by atoms with van der Waals surface area (Å²) in [6.07, 6.45) is 3.77. The maximum absolute atomic E-state index is 13.5. The van der Waals surface area contributed by atoms with E-state index >= 15 is 0 Å². The van der Waals surface area contributed by atoms with Gasteiger partial charge in [-0.3, -0.25) is 4.79 Å². The molecule has 8 nitrogen and oxygen atoms in total. The van der Waals surface area contributed by atoms with E-state index in [1.54, 1.807) is 10.7 Å². The molecule has 2 N–H and O–H groups in total. The molecule has 1 amide bonds. The van der Waals surface area contributed by atoms with Gasteiger partial charge in [0.15, 0.2) is 5.82 Å². The third kappa shape index (κ3) is 5.93. The Kier molecular flexibility index (Phi) is 7.52. The van der Waals surface area contributed by atoms with Crippen LogP contribution in [-0.2, 0) is 0 Å². The summed E-state index contributed by atoms with van der Waals surface area (Å²) in [7, 11) is 4.02. The molecule has 0 radical (unpaired) electrons. The average Bonchev–Trinajstić information content (AvgIpc) is 3.44. The van der Waals surface area contributed by atoms with Gasteiger partial charge in [0.2, 0.25) is 0 Å². The van der Waals surface area contributed by atoms with E-state index in [4.69, 9.17) is 0 Å². The molecular formula is C30H29N7O. The highest BCUT2D eigenvalue weighted by Gasteiger charge is 2.16. The quantitative estimate of drug-likeness (QED) is 0.287. The van der Waals surface area contributed by atoms with Gasteiger partial charge in [-0.1, -0.05) is 72.8 Å². The minimum absolute atomic E-state index is 0.270. The number of benzene rings is 3. The summed E-state index contributed by atoms with van der Waals surface area (Å²) in [6.45, 7) is 1.51. The summed E-state index contributed by atoms with van der Waals surface area (Å²) in [6, 6.07) is 28.9. The molecule has 0 spiro atoms. The van der Waals surface area contributed by atoms with E-state index in [1.807, 2.05) is 111 Å². The van der Waals surface area contributed by atoms with Crippen LogP contribution in [0.25, 0.3) is 28.2 Å². The van der Waals surface area contributed by atoms with Crippen molar-refractivity contribution in [2.45, 2.75) is 0 Å². The lowest BCUT2D eigenvalue weighted by molar-refractivity contribution is 0.102. The first-order chi connectivity index (χ1) is 18.6. The Balaban J connectivity index is 1.43. The Morgan fingerprint density at radius 1 is 0.842 bits per heavy atom. The molecule has 0 aliphatic rings. The largest absolute Gasteiger partial charge is 0.369 e. The number of carbonyl (C=O) groups excluding carboxylic acids is 1. The number of likely N-dealkylation sites (N-methyl/N-ethyl adjacent to an activating group) is 1. The molecule has 0 atom stereocenters. The van der Waals surface area contributed by atoms with E-state index in [0.29, 0.717) is 23.9 Å². The number of nitrogens with one attached hydrogen (secondary N) is 2. The van der Waals surface area contributed by atoms with Gasteiger partial charge in [0.25, 0.3) is 5.91 Å². The van der Waals surface area contributed by atoms with Gasteiger partial charge >= 0.3 is 0 Å². The Bertz CT molecular complexity index is 1510. The van der Waals surface area contributed by atoms with E-state index in [2.05, 4.69) is 30.6 Å². The molecule has 0 aliphatic carbocycles. The molecule has 2 heterocycles. The third-order valence-corrected chi connectivity index (χ3v) is 5.94. The van der Waals surface area contributed by atoms with Crippen LogP contribution in [-0.4, -0.2) is 57.7 Å². The maximum atomic E-state index is 13.5. The van der Waals surface area contributed by atoms with Crippen LogP contribution in [0, 0.1) is 0 Å².